The van der Waals surface area contributed by atoms with Crippen LogP contribution in [0.3, 0.4) is 0 Å². The molecule has 0 saturated carbocycles. The highest BCUT2D eigenvalue weighted by molar-refractivity contribution is 6.32. The fourth-order valence-electron chi connectivity index (χ4n) is 3.57. The van der Waals surface area contributed by atoms with Gasteiger partial charge in [-0.25, -0.2) is 4.98 Å². The van der Waals surface area contributed by atoms with Crippen molar-refractivity contribution in [3.05, 3.63) is 86.6 Å². The predicted molar refractivity (Wildman–Crippen MR) is 133 cm³/mol. The molecule has 0 aliphatic heterocycles. The molecule has 0 amide bonds. The molecule has 5 aromatic rings. The third kappa shape index (κ3) is 4.00. The summed E-state index contributed by atoms with van der Waals surface area (Å²) in [6, 6.07) is 17.1. The Labute approximate surface area is 203 Å². The van der Waals surface area contributed by atoms with E-state index in [0.29, 0.717) is 39.4 Å². The van der Waals surface area contributed by atoms with E-state index in [1.165, 1.54) is 17.0 Å². The van der Waals surface area contributed by atoms with Crippen LogP contribution in [-0.2, 0) is 0 Å². The quantitative estimate of drug-likeness (QED) is 0.298. The number of phenolic OH excluding ortho intramolecular Hbond substituents is 1. The van der Waals surface area contributed by atoms with Crippen molar-refractivity contribution in [1.29, 1.82) is 0 Å². The molecule has 0 radical (unpaired) electrons. The van der Waals surface area contributed by atoms with Crippen LogP contribution in [-0.4, -0.2) is 27.6 Å². The van der Waals surface area contributed by atoms with Crippen molar-refractivity contribution in [1.82, 2.24) is 9.66 Å². The summed E-state index contributed by atoms with van der Waals surface area (Å²) >= 11 is 12.2. The van der Waals surface area contributed by atoms with Gasteiger partial charge in [-0.15, -0.1) is 0 Å². The van der Waals surface area contributed by atoms with Gasteiger partial charge in [-0.3, -0.25) is 4.79 Å². The smallest absolute Gasteiger partial charge is 0.282 e. The van der Waals surface area contributed by atoms with Gasteiger partial charge in [-0.05, 0) is 61.0 Å². The molecule has 0 fully saturated rings. The molecule has 34 heavy (non-hydrogen) atoms. The van der Waals surface area contributed by atoms with Crippen LogP contribution in [0.5, 0.6) is 11.5 Å². The first kappa shape index (κ1) is 22.0. The molecular weight excluding hydrogens is 477 g/mol. The molecule has 5 rings (SSSR count). The van der Waals surface area contributed by atoms with Crippen LogP contribution in [0.25, 0.3) is 33.5 Å². The number of benzene rings is 3. The van der Waals surface area contributed by atoms with Crippen LogP contribution >= 0.6 is 23.2 Å². The van der Waals surface area contributed by atoms with Crippen molar-refractivity contribution < 1.29 is 14.3 Å². The number of hydrogen-bond acceptors (Lipinski definition) is 6. The molecule has 0 spiro atoms. The van der Waals surface area contributed by atoms with Crippen LogP contribution < -0.4 is 10.3 Å². The van der Waals surface area contributed by atoms with Crippen molar-refractivity contribution in [2.45, 2.75) is 6.92 Å². The van der Waals surface area contributed by atoms with E-state index in [1.807, 2.05) is 0 Å². The Morgan fingerprint density at radius 3 is 2.79 bits per heavy atom. The van der Waals surface area contributed by atoms with E-state index < -0.39 is 0 Å². The van der Waals surface area contributed by atoms with E-state index in [9.17, 15) is 9.90 Å². The minimum absolute atomic E-state index is 0.103. The highest BCUT2D eigenvalue weighted by Crippen LogP contribution is 2.35. The van der Waals surface area contributed by atoms with Gasteiger partial charge in [-0.1, -0.05) is 35.3 Å². The van der Waals surface area contributed by atoms with Crippen LogP contribution in [0.2, 0.25) is 10.0 Å². The number of fused-ring (bicyclic) bond motifs is 2. The maximum absolute atomic E-state index is 13.4. The Kier molecular flexibility index (Phi) is 5.73. The second-order valence-corrected chi connectivity index (χ2v) is 8.23. The molecule has 3 aromatic carbocycles. The van der Waals surface area contributed by atoms with Crippen molar-refractivity contribution in [2.24, 2.45) is 5.10 Å². The summed E-state index contributed by atoms with van der Waals surface area (Å²) in [6.07, 6.45) is 1.44. The van der Waals surface area contributed by atoms with Crippen LogP contribution in [0.4, 0.5) is 0 Å². The first-order valence-electron chi connectivity index (χ1n) is 10.4. The van der Waals surface area contributed by atoms with Crippen molar-refractivity contribution in [2.75, 3.05) is 6.61 Å². The standard InChI is InChI=1S/C25H17Cl2N3O4/c1-2-33-21-10-14(9-18(27)23(21)31)13-28-30-24(29-19-6-4-3-5-17(19)25(30)32)22-12-15-11-16(26)7-8-20(15)34-22/h3-13,31H,2H2,1H3. The molecule has 2 aromatic heterocycles. The van der Waals surface area contributed by atoms with Crippen LogP contribution in [0, 0.1) is 0 Å². The lowest BCUT2D eigenvalue weighted by Gasteiger charge is -2.09. The molecule has 1 N–H and O–H groups in total. The zero-order valence-corrected chi connectivity index (χ0v) is 19.3. The lowest BCUT2D eigenvalue weighted by atomic mass is 10.2. The van der Waals surface area contributed by atoms with Gasteiger partial charge in [0, 0.05) is 10.4 Å². The third-order valence-electron chi connectivity index (χ3n) is 5.13. The number of aromatic hydroxyl groups is 1. The van der Waals surface area contributed by atoms with Gasteiger partial charge in [0.1, 0.15) is 5.58 Å². The summed E-state index contributed by atoms with van der Waals surface area (Å²) in [5.74, 6) is 0.639. The van der Waals surface area contributed by atoms with Crippen molar-refractivity contribution >= 4 is 51.3 Å². The molecular formula is C25H17Cl2N3O4. The van der Waals surface area contributed by atoms with E-state index in [1.54, 1.807) is 61.5 Å². The second-order valence-electron chi connectivity index (χ2n) is 7.39. The summed E-state index contributed by atoms with van der Waals surface area (Å²) < 4.78 is 12.6. The highest BCUT2D eigenvalue weighted by atomic mass is 35.5. The van der Waals surface area contributed by atoms with Crippen LogP contribution in [0.1, 0.15) is 12.5 Å². The van der Waals surface area contributed by atoms with E-state index in [0.717, 1.165) is 5.39 Å². The summed E-state index contributed by atoms with van der Waals surface area (Å²) in [6.45, 7) is 2.14. The summed E-state index contributed by atoms with van der Waals surface area (Å²) in [7, 11) is 0. The Hall–Kier alpha value is -3.81. The van der Waals surface area contributed by atoms with Gasteiger partial charge in [0.2, 0.25) is 5.82 Å². The normalized spacial score (nSPS) is 11.6. The molecule has 0 aliphatic rings. The SMILES string of the molecule is CCOc1cc(C=Nn2c(-c3cc4cc(Cl)ccc4o3)nc3ccccc3c2=O)cc(Cl)c1O. The number of rotatable bonds is 5. The maximum atomic E-state index is 13.4. The Bertz CT molecular complexity index is 1640. The number of ether oxygens (including phenoxy) is 1. The Morgan fingerprint density at radius 2 is 1.97 bits per heavy atom. The first-order valence-corrected chi connectivity index (χ1v) is 11.1. The number of furan rings is 1. The predicted octanol–water partition coefficient (Wildman–Crippen LogP) is 6.10. The minimum Gasteiger partial charge on any atom is -0.503 e. The monoisotopic (exact) mass is 493 g/mol. The number of aromatic nitrogens is 2. The molecule has 9 heteroatoms. The molecule has 0 bridgehead atoms. The van der Waals surface area contributed by atoms with Gasteiger partial charge < -0.3 is 14.3 Å². The number of hydrogen-bond donors (Lipinski definition) is 1. The second kappa shape index (κ2) is 8.85. The average Bonchev–Trinajstić information content (AvgIpc) is 3.24. The van der Waals surface area contributed by atoms with Gasteiger partial charge in [0.25, 0.3) is 5.56 Å². The minimum atomic E-state index is -0.370. The molecule has 2 heterocycles. The number of phenols is 1. The van der Waals surface area contributed by atoms with Gasteiger partial charge in [-0.2, -0.15) is 9.78 Å². The summed E-state index contributed by atoms with van der Waals surface area (Å²) in [5.41, 5.74) is 1.27. The van der Waals surface area contributed by atoms with Crippen LogP contribution in [0.15, 0.2) is 75.0 Å². The highest BCUT2D eigenvalue weighted by Gasteiger charge is 2.17. The first-order chi connectivity index (χ1) is 16.4. The average molecular weight is 494 g/mol. The molecule has 0 unspecified atom stereocenters. The van der Waals surface area contributed by atoms with Gasteiger partial charge in [0.15, 0.2) is 17.3 Å². The zero-order chi connectivity index (χ0) is 23.8. The largest absolute Gasteiger partial charge is 0.503 e. The van der Waals surface area contributed by atoms with Crippen molar-refractivity contribution in [3.8, 4) is 23.1 Å². The fourth-order valence-corrected chi connectivity index (χ4v) is 3.97. The number of halogens is 2. The fraction of sp³-hybridized carbons (Fsp3) is 0.0800. The Balaban J connectivity index is 1.70. The maximum Gasteiger partial charge on any atom is 0.282 e. The van der Waals surface area contributed by atoms with Gasteiger partial charge >= 0.3 is 0 Å². The van der Waals surface area contributed by atoms with Crippen molar-refractivity contribution in [3.63, 3.8) is 0 Å². The molecule has 7 nitrogen and oxygen atoms in total. The van der Waals surface area contributed by atoms with E-state index >= 15 is 0 Å². The summed E-state index contributed by atoms with van der Waals surface area (Å²) in [5, 5.41) is 16.3. The molecule has 0 aliphatic carbocycles. The van der Waals surface area contributed by atoms with E-state index in [4.69, 9.17) is 32.4 Å². The van der Waals surface area contributed by atoms with E-state index in [-0.39, 0.29) is 27.9 Å². The number of nitrogens with zero attached hydrogens (tertiary/aromatic N) is 3. The number of para-hydroxylation sites is 1. The third-order valence-corrected chi connectivity index (χ3v) is 5.65. The van der Waals surface area contributed by atoms with Gasteiger partial charge in [0.05, 0.1) is 28.7 Å². The Morgan fingerprint density at radius 1 is 1.15 bits per heavy atom. The summed E-state index contributed by atoms with van der Waals surface area (Å²) in [4.78, 5) is 18.0. The lowest BCUT2D eigenvalue weighted by molar-refractivity contribution is 0.318. The molecule has 170 valence electrons. The zero-order valence-electron chi connectivity index (χ0n) is 17.8. The topological polar surface area (TPSA) is 89.9 Å². The lowest BCUT2D eigenvalue weighted by Crippen LogP contribution is -2.20. The molecule has 0 atom stereocenters. The molecule has 0 saturated heterocycles. The van der Waals surface area contributed by atoms with E-state index in [2.05, 4.69) is 10.1 Å².